The smallest absolute Gasteiger partial charge is 0.274 e. The van der Waals surface area contributed by atoms with Crippen LogP contribution in [0.25, 0.3) is 0 Å². The minimum Gasteiger partial charge on any atom is -0.380 e. The van der Waals surface area contributed by atoms with Gasteiger partial charge in [0, 0.05) is 13.2 Å². The van der Waals surface area contributed by atoms with Crippen LogP contribution in [0.5, 0.6) is 0 Å². The monoisotopic (exact) mass is 215 g/mol. The molecule has 0 saturated carbocycles. The Labute approximate surface area is 86.6 Å². The minimum absolute atomic E-state index is 0.0505. The lowest BCUT2D eigenvalue weighted by Gasteiger charge is -2.05. The van der Waals surface area contributed by atoms with Crippen molar-refractivity contribution in [1.29, 1.82) is 0 Å². The van der Waals surface area contributed by atoms with E-state index in [4.69, 9.17) is 16.3 Å². The molecule has 0 atom stereocenters. The Balaban J connectivity index is 3.17. The molecule has 0 heterocycles. The second kappa shape index (κ2) is 4.93. The van der Waals surface area contributed by atoms with Crippen molar-refractivity contribution in [3.05, 3.63) is 39.4 Å². The average molecular weight is 216 g/mol. The Morgan fingerprint density at radius 1 is 1.57 bits per heavy atom. The fourth-order valence-electron chi connectivity index (χ4n) is 1.24. The zero-order valence-corrected chi connectivity index (χ0v) is 8.45. The summed E-state index contributed by atoms with van der Waals surface area (Å²) in [6.07, 6.45) is 0. The predicted molar refractivity (Wildman–Crippen MR) is 53.4 cm³/mol. The molecule has 14 heavy (non-hydrogen) atoms. The van der Waals surface area contributed by atoms with Crippen molar-refractivity contribution in [1.82, 2.24) is 0 Å². The van der Waals surface area contributed by atoms with E-state index in [9.17, 15) is 10.1 Å². The molecule has 0 aliphatic heterocycles. The Morgan fingerprint density at radius 3 is 2.79 bits per heavy atom. The summed E-state index contributed by atoms with van der Waals surface area (Å²) in [7, 11) is 1.54. The number of alkyl halides is 1. The highest BCUT2D eigenvalue weighted by atomic mass is 35.5. The largest absolute Gasteiger partial charge is 0.380 e. The molecule has 1 aromatic carbocycles. The Kier molecular flexibility index (Phi) is 3.85. The zero-order chi connectivity index (χ0) is 10.6. The third-order valence-corrected chi connectivity index (χ3v) is 2.15. The number of ether oxygens (including phenoxy) is 1. The molecule has 0 radical (unpaired) electrons. The Bertz CT molecular complexity index is 341. The zero-order valence-electron chi connectivity index (χ0n) is 7.70. The van der Waals surface area contributed by atoms with E-state index in [1.54, 1.807) is 12.1 Å². The lowest BCUT2D eigenvalue weighted by Crippen LogP contribution is -1.99. The number of methoxy groups -OCH3 is 1. The molecule has 0 N–H and O–H groups in total. The van der Waals surface area contributed by atoms with E-state index >= 15 is 0 Å². The number of hydrogen-bond acceptors (Lipinski definition) is 3. The van der Waals surface area contributed by atoms with Crippen molar-refractivity contribution in [2.24, 2.45) is 0 Å². The van der Waals surface area contributed by atoms with E-state index in [2.05, 4.69) is 0 Å². The molecule has 0 fully saturated rings. The average Bonchev–Trinajstić information content (AvgIpc) is 2.18. The van der Waals surface area contributed by atoms with Gasteiger partial charge in [-0.25, -0.2) is 0 Å². The number of nitro groups is 1. The van der Waals surface area contributed by atoms with Crippen molar-refractivity contribution in [3.8, 4) is 0 Å². The summed E-state index contributed by atoms with van der Waals surface area (Å²) in [5.41, 5.74) is 1.34. The van der Waals surface area contributed by atoms with Gasteiger partial charge >= 0.3 is 0 Å². The maximum Gasteiger partial charge on any atom is 0.274 e. The van der Waals surface area contributed by atoms with Crippen LogP contribution in [0.2, 0.25) is 0 Å². The molecule has 76 valence electrons. The molecule has 0 aliphatic rings. The fourth-order valence-corrected chi connectivity index (χ4v) is 1.55. The Morgan fingerprint density at radius 2 is 2.29 bits per heavy atom. The highest BCUT2D eigenvalue weighted by Crippen LogP contribution is 2.24. The molecule has 0 aliphatic carbocycles. The lowest BCUT2D eigenvalue weighted by molar-refractivity contribution is -0.385. The van der Waals surface area contributed by atoms with Gasteiger partial charge in [0.1, 0.15) is 0 Å². The van der Waals surface area contributed by atoms with Crippen LogP contribution >= 0.6 is 11.6 Å². The van der Waals surface area contributed by atoms with Gasteiger partial charge in [0.05, 0.1) is 23.0 Å². The van der Waals surface area contributed by atoms with Crippen LogP contribution in [0.1, 0.15) is 11.1 Å². The van der Waals surface area contributed by atoms with Gasteiger partial charge < -0.3 is 4.74 Å². The SMILES string of the molecule is COCc1cccc([N+](=O)[O-])c1CCl. The second-order valence-electron chi connectivity index (χ2n) is 2.74. The van der Waals surface area contributed by atoms with E-state index in [1.165, 1.54) is 13.2 Å². The first-order valence-electron chi connectivity index (χ1n) is 4.00. The van der Waals surface area contributed by atoms with Crippen molar-refractivity contribution in [3.63, 3.8) is 0 Å². The van der Waals surface area contributed by atoms with E-state index in [1.807, 2.05) is 0 Å². The molecule has 0 saturated heterocycles. The molecule has 0 spiro atoms. The van der Waals surface area contributed by atoms with Crippen LogP contribution in [-0.4, -0.2) is 12.0 Å². The van der Waals surface area contributed by atoms with Crippen LogP contribution in [0, 0.1) is 10.1 Å². The van der Waals surface area contributed by atoms with E-state index in [-0.39, 0.29) is 11.6 Å². The standard InChI is InChI=1S/C9H10ClNO3/c1-14-6-7-3-2-4-9(11(12)13)8(7)5-10/h2-4H,5-6H2,1H3. The van der Waals surface area contributed by atoms with Crippen molar-refractivity contribution in [2.45, 2.75) is 12.5 Å². The predicted octanol–water partition coefficient (Wildman–Crippen LogP) is 2.48. The highest BCUT2D eigenvalue weighted by molar-refractivity contribution is 6.17. The van der Waals surface area contributed by atoms with E-state index in [0.29, 0.717) is 12.2 Å². The summed E-state index contributed by atoms with van der Waals surface area (Å²) in [6.45, 7) is 0.337. The number of nitro benzene ring substituents is 1. The molecular formula is C9H10ClNO3. The molecule has 5 heteroatoms. The van der Waals surface area contributed by atoms with Crippen LogP contribution in [-0.2, 0) is 17.2 Å². The summed E-state index contributed by atoms with van der Waals surface area (Å²) in [6, 6.07) is 4.84. The third-order valence-electron chi connectivity index (χ3n) is 1.88. The molecule has 0 aromatic heterocycles. The highest BCUT2D eigenvalue weighted by Gasteiger charge is 2.15. The first-order valence-corrected chi connectivity index (χ1v) is 4.54. The van der Waals surface area contributed by atoms with Crippen molar-refractivity contribution >= 4 is 17.3 Å². The fraction of sp³-hybridized carbons (Fsp3) is 0.333. The summed E-state index contributed by atoms with van der Waals surface area (Å²) >= 11 is 5.66. The van der Waals surface area contributed by atoms with Gasteiger partial charge in [-0.1, -0.05) is 12.1 Å². The van der Waals surface area contributed by atoms with Gasteiger partial charge in [0.15, 0.2) is 0 Å². The molecule has 0 unspecified atom stereocenters. The van der Waals surface area contributed by atoms with Crippen LogP contribution in [0.15, 0.2) is 18.2 Å². The topological polar surface area (TPSA) is 52.4 Å². The number of benzene rings is 1. The number of nitrogens with zero attached hydrogens (tertiary/aromatic N) is 1. The summed E-state index contributed by atoms with van der Waals surface area (Å²) in [5.74, 6) is 0.121. The van der Waals surface area contributed by atoms with Crippen LogP contribution in [0.4, 0.5) is 5.69 Å². The van der Waals surface area contributed by atoms with Gasteiger partial charge in [-0.15, -0.1) is 11.6 Å². The number of hydrogen-bond donors (Lipinski definition) is 0. The maximum absolute atomic E-state index is 10.6. The second-order valence-corrected chi connectivity index (χ2v) is 3.01. The first-order chi connectivity index (χ1) is 6.70. The molecular weight excluding hydrogens is 206 g/mol. The summed E-state index contributed by atoms with van der Waals surface area (Å²) < 4.78 is 4.92. The maximum atomic E-state index is 10.6. The molecule has 4 nitrogen and oxygen atoms in total. The first kappa shape index (κ1) is 10.9. The number of rotatable bonds is 4. The van der Waals surface area contributed by atoms with Crippen molar-refractivity contribution < 1.29 is 9.66 Å². The van der Waals surface area contributed by atoms with E-state index < -0.39 is 4.92 Å². The molecule has 1 aromatic rings. The number of halogens is 1. The third kappa shape index (κ3) is 2.21. The summed E-state index contributed by atoms with van der Waals surface area (Å²) in [4.78, 5) is 10.2. The van der Waals surface area contributed by atoms with Gasteiger partial charge in [0.2, 0.25) is 0 Å². The molecule has 1 rings (SSSR count). The summed E-state index contributed by atoms with van der Waals surface area (Å²) in [5, 5.41) is 10.6. The molecule has 0 bridgehead atoms. The van der Waals surface area contributed by atoms with Gasteiger partial charge in [-0.2, -0.15) is 0 Å². The quantitative estimate of drug-likeness (QED) is 0.441. The Hall–Kier alpha value is -1.13. The van der Waals surface area contributed by atoms with Gasteiger partial charge in [-0.05, 0) is 5.56 Å². The lowest BCUT2D eigenvalue weighted by atomic mass is 10.1. The van der Waals surface area contributed by atoms with Crippen LogP contribution < -0.4 is 0 Å². The van der Waals surface area contributed by atoms with Gasteiger partial charge in [0.25, 0.3) is 5.69 Å². The normalized spacial score (nSPS) is 10.1. The molecule has 0 amide bonds. The minimum atomic E-state index is -0.434. The van der Waals surface area contributed by atoms with E-state index in [0.717, 1.165) is 5.56 Å². The van der Waals surface area contributed by atoms with Crippen LogP contribution in [0.3, 0.4) is 0 Å². The van der Waals surface area contributed by atoms with Crippen molar-refractivity contribution in [2.75, 3.05) is 7.11 Å². The van der Waals surface area contributed by atoms with Gasteiger partial charge in [-0.3, -0.25) is 10.1 Å².